The minimum Gasteiger partial charge on any atom is -0.423 e. The van der Waals surface area contributed by atoms with E-state index in [9.17, 15) is 35.9 Å². The average Bonchev–Trinajstić information content (AvgIpc) is 2.60. The van der Waals surface area contributed by atoms with E-state index in [0.717, 1.165) is 6.07 Å². The van der Waals surface area contributed by atoms with E-state index >= 15 is 0 Å². The topological polar surface area (TPSA) is 59.3 Å². The molecule has 1 N–H and O–H groups in total. The van der Waals surface area contributed by atoms with Gasteiger partial charge in [-0.1, -0.05) is 0 Å². The summed E-state index contributed by atoms with van der Waals surface area (Å²) in [5.41, 5.74) is -4.29. The molecule has 0 radical (unpaired) electrons. The van der Waals surface area contributed by atoms with Gasteiger partial charge < -0.3 is 9.73 Å². The number of benzene rings is 2. The van der Waals surface area contributed by atoms with Crippen LogP contribution in [0.15, 0.2) is 57.7 Å². The van der Waals surface area contributed by atoms with Crippen LogP contribution in [0, 0.1) is 0 Å². The van der Waals surface area contributed by atoms with Crippen molar-refractivity contribution >= 4 is 22.6 Å². The molecular formula is C18H9F6NO3. The van der Waals surface area contributed by atoms with Crippen LogP contribution in [0.5, 0.6) is 0 Å². The number of hydrogen-bond donors (Lipinski definition) is 1. The van der Waals surface area contributed by atoms with Gasteiger partial charge in [0.25, 0.3) is 5.91 Å². The molecular weight excluding hydrogens is 392 g/mol. The molecule has 28 heavy (non-hydrogen) atoms. The van der Waals surface area contributed by atoms with E-state index in [1.807, 2.05) is 0 Å². The molecule has 0 saturated carbocycles. The highest BCUT2D eigenvalue weighted by atomic mass is 19.4. The Kier molecular flexibility index (Phi) is 4.66. The third-order valence-electron chi connectivity index (χ3n) is 3.73. The predicted molar refractivity (Wildman–Crippen MR) is 86.9 cm³/mol. The van der Waals surface area contributed by atoms with Crippen molar-refractivity contribution in [3.63, 3.8) is 0 Å². The Bertz CT molecular complexity index is 1080. The summed E-state index contributed by atoms with van der Waals surface area (Å²) in [6, 6.07) is 7.11. The van der Waals surface area contributed by atoms with Gasteiger partial charge in [-0.15, -0.1) is 0 Å². The lowest BCUT2D eigenvalue weighted by molar-refractivity contribution is -0.143. The molecule has 0 unspecified atom stereocenters. The minimum absolute atomic E-state index is 0.0607. The number of alkyl halides is 6. The Hall–Kier alpha value is -3.30. The van der Waals surface area contributed by atoms with Gasteiger partial charge in [0, 0.05) is 22.7 Å². The lowest BCUT2D eigenvalue weighted by atomic mass is 10.0. The molecule has 1 aromatic heterocycles. The van der Waals surface area contributed by atoms with Gasteiger partial charge in [0.05, 0.1) is 11.1 Å². The zero-order valence-electron chi connectivity index (χ0n) is 13.6. The van der Waals surface area contributed by atoms with Crippen molar-refractivity contribution in [1.82, 2.24) is 0 Å². The summed E-state index contributed by atoms with van der Waals surface area (Å²) in [5, 5.41) is 2.63. The minimum atomic E-state index is -5.06. The smallest absolute Gasteiger partial charge is 0.416 e. The zero-order valence-corrected chi connectivity index (χ0v) is 13.6. The highest BCUT2D eigenvalue weighted by Gasteiger charge is 2.37. The summed E-state index contributed by atoms with van der Waals surface area (Å²) in [6.45, 7) is 0. The number of carbonyl (C=O) groups excluding carboxylic acids is 1. The molecule has 2 aromatic carbocycles. The maximum atomic E-state index is 12.9. The molecule has 10 heteroatoms. The SMILES string of the molecule is O=C(Nc1ccc2oc(=O)ccc2c1)c1cc(C(F)(F)F)cc(C(F)(F)F)c1. The molecule has 1 amide bonds. The highest BCUT2D eigenvalue weighted by Crippen LogP contribution is 2.36. The Morgan fingerprint density at radius 1 is 0.821 bits per heavy atom. The first kappa shape index (κ1) is 19.5. The largest absolute Gasteiger partial charge is 0.423 e. The van der Waals surface area contributed by atoms with Gasteiger partial charge in [-0.2, -0.15) is 26.3 Å². The van der Waals surface area contributed by atoms with Gasteiger partial charge in [0.15, 0.2) is 0 Å². The van der Waals surface area contributed by atoms with Gasteiger partial charge in [-0.3, -0.25) is 4.79 Å². The molecule has 0 aliphatic carbocycles. The van der Waals surface area contributed by atoms with Crippen molar-refractivity contribution in [3.05, 3.63) is 75.6 Å². The first-order chi connectivity index (χ1) is 12.9. The summed E-state index contributed by atoms with van der Waals surface area (Å²) in [6.07, 6.45) is -10.1. The number of hydrogen-bond acceptors (Lipinski definition) is 3. The second kappa shape index (κ2) is 6.70. The molecule has 4 nitrogen and oxygen atoms in total. The lowest BCUT2D eigenvalue weighted by Crippen LogP contribution is -2.17. The van der Waals surface area contributed by atoms with Gasteiger partial charge >= 0.3 is 18.0 Å². The summed E-state index contributed by atoms with van der Waals surface area (Å²) in [5.74, 6) is -1.16. The van der Waals surface area contributed by atoms with Gasteiger partial charge in [0.1, 0.15) is 5.58 Å². The van der Waals surface area contributed by atoms with Crippen molar-refractivity contribution in [2.75, 3.05) is 5.32 Å². The van der Waals surface area contributed by atoms with Crippen molar-refractivity contribution in [2.24, 2.45) is 0 Å². The van der Waals surface area contributed by atoms with E-state index in [-0.39, 0.29) is 17.3 Å². The molecule has 0 fully saturated rings. The van der Waals surface area contributed by atoms with Crippen LogP contribution in [0.4, 0.5) is 32.0 Å². The molecule has 1 heterocycles. The maximum absolute atomic E-state index is 12.9. The fraction of sp³-hybridized carbons (Fsp3) is 0.111. The monoisotopic (exact) mass is 401 g/mol. The number of anilines is 1. The maximum Gasteiger partial charge on any atom is 0.416 e. The number of amides is 1. The quantitative estimate of drug-likeness (QED) is 0.481. The first-order valence-corrected chi connectivity index (χ1v) is 7.58. The Morgan fingerprint density at radius 3 is 2.00 bits per heavy atom. The normalized spacial score (nSPS) is 12.2. The van der Waals surface area contributed by atoms with Gasteiger partial charge in [0.2, 0.25) is 0 Å². The molecule has 0 aliphatic heterocycles. The van der Waals surface area contributed by atoms with Crippen LogP contribution < -0.4 is 10.9 Å². The predicted octanol–water partition coefficient (Wildman–Crippen LogP) is 5.08. The number of rotatable bonds is 2. The number of fused-ring (bicyclic) bond motifs is 1. The van der Waals surface area contributed by atoms with E-state index in [2.05, 4.69) is 5.32 Å². The molecule has 3 aromatic rings. The van der Waals surface area contributed by atoms with E-state index in [1.165, 1.54) is 24.3 Å². The van der Waals surface area contributed by atoms with Crippen molar-refractivity contribution in [2.45, 2.75) is 12.4 Å². The Morgan fingerprint density at radius 2 is 1.43 bits per heavy atom. The fourth-order valence-electron chi connectivity index (χ4n) is 2.44. The van der Waals surface area contributed by atoms with E-state index in [1.54, 1.807) is 0 Å². The van der Waals surface area contributed by atoms with Gasteiger partial charge in [-0.05, 0) is 42.5 Å². The molecule has 0 spiro atoms. The van der Waals surface area contributed by atoms with Crippen LogP contribution >= 0.6 is 0 Å². The number of carbonyl (C=O) groups is 1. The summed E-state index contributed by atoms with van der Waals surface area (Å²) >= 11 is 0. The fourth-order valence-corrected chi connectivity index (χ4v) is 2.44. The number of halogens is 6. The second-order valence-corrected chi connectivity index (χ2v) is 5.76. The lowest BCUT2D eigenvalue weighted by Gasteiger charge is -2.14. The third-order valence-corrected chi connectivity index (χ3v) is 3.73. The number of nitrogens with one attached hydrogen (secondary N) is 1. The van der Waals surface area contributed by atoms with E-state index in [0.29, 0.717) is 17.5 Å². The summed E-state index contributed by atoms with van der Waals surface area (Å²) in [4.78, 5) is 23.4. The summed E-state index contributed by atoms with van der Waals surface area (Å²) < 4.78 is 82.3. The highest BCUT2D eigenvalue weighted by molar-refractivity contribution is 6.05. The summed E-state index contributed by atoms with van der Waals surface area (Å²) in [7, 11) is 0. The molecule has 3 rings (SSSR count). The van der Waals surface area contributed by atoms with Gasteiger partial charge in [-0.25, -0.2) is 4.79 Å². The third kappa shape index (κ3) is 4.16. The van der Waals surface area contributed by atoms with E-state index in [4.69, 9.17) is 4.42 Å². The van der Waals surface area contributed by atoms with Crippen LogP contribution in [0.25, 0.3) is 11.0 Å². The second-order valence-electron chi connectivity index (χ2n) is 5.76. The van der Waals surface area contributed by atoms with Crippen molar-refractivity contribution in [3.8, 4) is 0 Å². The Balaban J connectivity index is 1.97. The van der Waals surface area contributed by atoms with E-state index < -0.39 is 40.6 Å². The molecule has 0 saturated heterocycles. The van der Waals surface area contributed by atoms with Crippen LogP contribution in [0.1, 0.15) is 21.5 Å². The van der Waals surface area contributed by atoms with Crippen LogP contribution in [0.2, 0.25) is 0 Å². The first-order valence-electron chi connectivity index (χ1n) is 7.58. The Labute approximate surface area is 152 Å². The molecule has 0 bridgehead atoms. The molecule has 146 valence electrons. The molecule has 0 aliphatic rings. The van der Waals surface area contributed by atoms with Crippen LogP contribution in [0.3, 0.4) is 0 Å². The van der Waals surface area contributed by atoms with Crippen molar-refractivity contribution in [1.29, 1.82) is 0 Å². The zero-order chi connectivity index (χ0) is 20.7. The van der Waals surface area contributed by atoms with Crippen LogP contribution in [-0.4, -0.2) is 5.91 Å². The molecule has 0 atom stereocenters. The standard InChI is InChI=1S/C18H9F6NO3/c19-17(20,21)11-5-10(6-12(8-11)18(22,23)24)16(27)25-13-2-3-14-9(7-13)1-4-15(26)28-14/h1-8H,(H,25,27). The average molecular weight is 401 g/mol. The van der Waals surface area contributed by atoms with Crippen LogP contribution in [-0.2, 0) is 12.4 Å². The van der Waals surface area contributed by atoms with Crippen molar-refractivity contribution < 1.29 is 35.6 Å².